The molecule has 0 spiro atoms. The standard InChI is InChI=1S/C11H18N2O2/c1-14-9-11(15-2)8-13-7-10-4-3-5-12-6-10/h3-6,11,13H,7-9H2,1-2H3. The van der Waals surface area contributed by atoms with E-state index in [9.17, 15) is 0 Å². The van der Waals surface area contributed by atoms with Crippen molar-refractivity contribution in [2.45, 2.75) is 12.6 Å². The molecule has 0 aliphatic heterocycles. The molecule has 0 aliphatic carbocycles. The van der Waals surface area contributed by atoms with Crippen molar-refractivity contribution in [2.75, 3.05) is 27.4 Å². The first kappa shape index (κ1) is 12.1. The van der Waals surface area contributed by atoms with Crippen molar-refractivity contribution in [3.8, 4) is 0 Å². The van der Waals surface area contributed by atoms with Crippen molar-refractivity contribution in [3.63, 3.8) is 0 Å². The van der Waals surface area contributed by atoms with Crippen molar-refractivity contribution in [3.05, 3.63) is 30.1 Å². The maximum Gasteiger partial charge on any atom is 0.0928 e. The molecule has 1 N–H and O–H groups in total. The Morgan fingerprint density at radius 3 is 2.93 bits per heavy atom. The topological polar surface area (TPSA) is 43.4 Å². The monoisotopic (exact) mass is 210 g/mol. The first-order valence-corrected chi connectivity index (χ1v) is 4.98. The van der Waals surface area contributed by atoms with Gasteiger partial charge in [-0.3, -0.25) is 4.98 Å². The van der Waals surface area contributed by atoms with E-state index in [1.807, 2.05) is 18.3 Å². The lowest BCUT2D eigenvalue weighted by atomic mass is 10.3. The van der Waals surface area contributed by atoms with E-state index in [1.165, 1.54) is 5.56 Å². The number of methoxy groups -OCH3 is 2. The Labute approximate surface area is 90.6 Å². The average molecular weight is 210 g/mol. The van der Waals surface area contributed by atoms with Crippen LogP contribution in [0.4, 0.5) is 0 Å². The van der Waals surface area contributed by atoms with Gasteiger partial charge in [-0.25, -0.2) is 0 Å². The third kappa shape index (κ3) is 4.88. The molecular formula is C11H18N2O2. The zero-order chi connectivity index (χ0) is 10.9. The molecule has 0 saturated heterocycles. The van der Waals surface area contributed by atoms with Crippen LogP contribution in [0.1, 0.15) is 5.56 Å². The second kappa shape index (κ2) is 7.34. The van der Waals surface area contributed by atoms with Crippen LogP contribution in [0.15, 0.2) is 24.5 Å². The Kier molecular flexibility index (Phi) is 5.92. The predicted molar refractivity (Wildman–Crippen MR) is 58.6 cm³/mol. The van der Waals surface area contributed by atoms with E-state index in [1.54, 1.807) is 20.4 Å². The normalized spacial score (nSPS) is 12.7. The zero-order valence-electron chi connectivity index (χ0n) is 9.27. The minimum absolute atomic E-state index is 0.103. The molecule has 1 aromatic rings. The van der Waals surface area contributed by atoms with Gasteiger partial charge in [0.05, 0.1) is 12.7 Å². The minimum atomic E-state index is 0.103. The Morgan fingerprint density at radius 2 is 2.33 bits per heavy atom. The van der Waals surface area contributed by atoms with Gasteiger partial charge < -0.3 is 14.8 Å². The van der Waals surface area contributed by atoms with Crippen molar-refractivity contribution < 1.29 is 9.47 Å². The fourth-order valence-electron chi connectivity index (χ4n) is 1.28. The Balaban J connectivity index is 2.20. The molecule has 15 heavy (non-hydrogen) atoms. The van der Waals surface area contributed by atoms with Crippen LogP contribution >= 0.6 is 0 Å². The number of hydrogen-bond donors (Lipinski definition) is 1. The molecular weight excluding hydrogens is 192 g/mol. The summed E-state index contributed by atoms with van der Waals surface area (Å²) in [4.78, 5) is 4.04. The molecule has 0 aliphatic rings. The quantitative estimate of drug-likeness (QED) is 0.724. The first-order valence-electron chi connectivity index (χ1n) is 4.98. The van der Waals surface area contributed by atoms with Crippen LogP contribution < -0.4 is 5.32 Å². The van der Waals surface area contributed by atoms with Gasteiger partial charge in [0.15, 0.2) is 0 Å². The van der Waals surface area contributed by atoms with Crippen LogP contribution in [0.3, 0.4) is 0 Å². The molecule has 4 nitrogen and oxygen atoms in total. The molecule has 1 aromatic heterocycles. The maximum atomic E-state index is 5.23. The molecule has 4 heteroatoms. The summed E-state index contributed by atoms with van der Waals surface area (Å²) < 4.78 is 10.2. The minimum Gasteiger partial charge on any atom is -0.382 e. The highest BCUT2D eigenvalue weighted by atomic mass is 16.5. The molecule has 1 atom stereocenters. The number of nitrogens with zero attached hydrogens (tertiary/aromatic N) is 1. The van der Waals surface area contributed by atoms with Crippen molar-refractivity contribution in [1.29, 1.82) is 0 Å². The van der Waals surface area contributed by atoms with Gasteiger partial charge in [0.25, 0.3) is 0 Å². The van der Waals surface area contributed by atoms with Gasteiger partial charge in [-0.05, 0) is 11.6 Å². The summed E-state index contributed by atoms with van der Waals surface area (Å²) in [6.45, 7) is 2.19. The summed E-state index contributed by atoms with van der Waals surface area (Å²) in [5.41, 5.74) is 1.17. The SMILES string of the molecule is COCC(CNCc1cccnc1)OC. The average Bonchev–Trinajstić information content (AvgIpc) is 2.29. The summed E-state index contributed by atoms with van der Waals surface area (Å²) in [5, 5.41) is 3.29. The Hall–Kier alpha value is -0.970. The van der Waals surface area contributed by atoms with E-state index >= 15 is 0 Å². The summed E-state index contributed by atoms with van der Waals surface area (Å²) in [7, 11) is 3.36. The van der Waals surface area contributed by atoms with Crippen LogP contribution in [-0.4, -0.2) is 38.5 Å². The molecule has 1 rings (SSSR count). The van der Waals surface area contributed by atoms with E-state index in [-0.39, 0.29) is 6.10 Å². The number of ether oxygens (including phenoxy) is 2. The highest BCUT2D eigenvalue weighted by Gasteiger charge is 2.05. The predicted octanol–water partition coefficient (Wildman–Crippen LogP) is 0.833. The van der Waals surface area contributed by atoms with Gasteiger partial charge in [0, 0.05) is 39.7 Å². The number of hydrogen-bond acceptors (Lipinski definition) is 4. The van der Waals surface area contributed by atoms with Crippen LogP contribution in [0.25, 0.3) is 0 Å². The van der Waals surface area contributed by atoms with E-state index in [0.29, 0.717) is 6.61 Å². The maximum absolute atomic E-state index is 5.23. The molecule has 1 unspecified atom stereocenters. The highest BCUT2D eigenvalue weighted by Crippen LogP contribution is 1.95. The molecule has 1 heterocycles. The molecule has 84 valence electrons. The molecule has 0 fully saturated rings. The summed E-state index contributed by atoms with van der Waals surface area (Å²) in [5.74, 6) is 0. The summed E-state index contributed by atoms with van der Waals surface area (Å²) in [6.07, 6.45) is 3.73. The highest BCUT2D eigenvalue weighted by molar-refractivity contribution is 5.07. The third-order valence-corrected chi connectivity index (χ3v) is 2.11. The van der Waals surface area contributed by atoms with Gasteiger partial charge in [0.2, 0.25) is 0 Å². The van der Waals surface area contributed by atoms with E-state index in [4.69, 9.17) is 9.47 Å². The summed E-state index contributed by atoms with van der Waals surface area (Å²) >= 11 is 0. The van der Waals surface area contributed by atoms with Crippen molar-refractivity contribution in [1.82, 2.24) is 10.3 Å². The second-order valence-corrected chi connectivity index (χ2v) is 3.31. The van der Waals surface area contributed by atoms with Gasteiger partial charge in [-0.15, -0.1) is 0 Å². The van der Waals surface area contributed by atoms with Crippen LogP contribution in [0, 0.1) is 0 Å². The fraction of sp³-hybridized carbons (Fsp3) is 0.545. The van der Waals surface area contributed by atoms with Crippen LogP contribution in [0.5, 0.6) is 0 Å². The second-order valence-electron chi connectivity index (χ2n) is 3.31. The largest absolute Gasteiger partial charge is 0.382 e. The first-order chi connectivity index (χ1) is 7.36. The van der Waals surface area contributed by atoms with Crippen LogP contribution in [0.2, 0.25) is 0 Å². The fourth-order valence-corrected chi connectivity index (χ4v) is 1.28. The summed E-state index contributed by atoms with van der Waals surface area (Å²) in [6, 6.07) is 3.97. The van der Waals surface area contributed by atoms with Gasteiger partial charge in [0.1, 0.15) is 0 Å². The zero-order valence-corrected chi connectivity index (χ0v) is 9.27. The van der Waals surface area contributed by atoms with Crippen molar-refractivity contribution in [2.24, 2.45) is 0 Å². The van der Waals surface area contributed by atoms with E-state index in [2.05, 4.69) is 10.3 Å². The van der Waals surface area contributed by atoms with Crippen molar-refractivity contribution >= 4 is 0 Å². The molecule has 0 amide bonds. The number of rotatable bonds is 7. The van der Waals surface area contributed by atoms with Gasteiger partial charge in [-0.2, -0.15) is 0 Å². The Bertz CT molecular complexity index is 254. The molecule has 0 radical (unpaired) electrons. The molecule has 0 aromatic carbocycles. The van der Waals surface area contributed by atoms with E-state index in [0.717, 1.165) is 13.1 Å². The Morgan fingerprint density at radius 1 is 1.47 bits per heavy atom. The number of aromatic nitrogens is 1. The number of nitrogens with one attached hydrogen (secondary N) is 1. The lowest BCUT2D eigenvalue weighted by Gasteiger charge is -2.14. The van der Waals surface area contributed by atoms with Gasteiger partial charge in [-0.1, -0.05) is 6.07 Å². The van der Waals surface area contributed by atoms with E-state index < -0.39 is 0 Å². The lowest BCUT2D eigenvalue weighted by Crippen LogP contribution is -2.31. The lowest BCUT2D eigenvalue weighted by molar-refractivity contribution is 0.0288. The molecule has 0 saturated carbocycles. The number of pyridine rings is 1. The van der Waals surface area contributed by atoms with Crippen LogP contribution in [-0.2, 0) is 16.0 Å². The third-order valence-electron chi connectivity index (χ3n) is 2.11. The molecule has 0 bridgehead atoms. The smallest absolute Gasteiger partial charge is 0.0928 e. The van der Waals surface area contributed by atoms with Gasteiger partial charge >= 0.3 is 0 Å².